The number of amides is 4. The van der Waals surface area contributed by atoms with E-state index in [1.807, 2.05) is 103 Å². The Balaban J connectivity index is 0.000000523. The quantitative estimate of drug-likeness (QED) is 0.0158. The average molecular weight is 2080 g/mol. The van der Waals surface area contributed by atoms with Crippen LogP contribution in [0.1, 0.15) is 235 Å². The number of aromatic nitrogens is 12. The summed E-state index contributed by atoms with van der Waals surface area (Å²) in [5.41, 5.74) is 3.98. The van der Waals surface area contributed by atoms with Crippen molar-refractivity contribution >= 4 is 142 Å². The molecule has 0 fully saturated rings. The van der Waals surface area contributed by atoms with Crippen molar-refractivity contribution in [3.05, 3.63) is 148 Å². The van der Waals surface area contributed by atoms with Crippen LogP contribution in [0.2, 0.25) is 10.3 Å². The molecule has 0 saturated carbocycles. The minimum Gasteiger partial charge on any atom is -0.444 e. The summed E-state index contributed by atoms with van der Waals surface area (Å²) in [6.07, 6.45) is 10.4. The molecule has 0 bridgehead atoms. The van der Waals surface area contributed by atoms with Gasteiger partial charge in [0.05, 0.1) is 170 Å². The third-order valence-electron chi connectivity index (χ3n) is 19.4. The number of thiol groups is 1. The molecule has 5 atom stereocenters. The first-order chi connectivity index (χ1) is 58.0. The lowest BCUT2D eigenvalue weighted by molar-refractivity contribution is -0.135. The van der Waals surface area contributed by atoms with Crippen LogP contribution in [0, 0.1) is 0 Å². The zero-order valence-electron chi connectivity index (χ0n) is 76.4. The molecule has 0 aliphatic carbocycles. The van der Waals surface area contributed by atoms with Gasteiger partial charge in [0, 0.05) is 45.1 Å². The molecular formula is C89H141Cl3IN17O15S5. The highest BCUT2D eigenvalue weighted by Crippen LogP contribution is 2.34. The highest BCUT2D eigenvalue weighted by atomic mass is 127. The first-order valence-corrected chi connectivity index (χ1v) is 49.4. The van der Waals surface area contributed by atoms with Gasteiger partial charge in [-0.05, 0) is 186 Å². The van der Waals surface area contributed by atoms with Crippen LogP contribution < -0.4 is 10.1 Å². The molecule has 5 aliphatic rings. The monoisotopic (exact) mass is 2080 g/mol. The molecule has 7 aromatic heterocycles. The third-order valence-corrected chi connectivity index (χ3v) is 27.8. The number of rotatable bonds is 13. The van der Waals surface area contributed by atoms with Crippen molar-refractivity contribution in [2.45, 2.75) is 371 Å². The Hall–Kier alpha value is -7.57. The van der Waals surface area contributed by atoms with Gasteiger partial charge in [0.1, 0.15) is 47.5 Å². The van der Waals surface area contributed by atoms with Gasteiger partial charge in [0.2, 0.25) is 5.91 Å². The Kier molecular flexibility index (Phi) is 46.2. The zero-order valence-corrected chi connectivity index (χ0v) is 85.0. The summed E-state index contributed by atoms with van der Waals surface area (Å²) in [4.78, 5) is 78.6. The van der Waals surface area contributed by atoms with Crippen LogP contribution in [0.4, 0.5) is 14.4 Å². The SMILES string of the molecule is C.C.C.C.CC(C)I.CC(C)S(=O)(=O)c1cnn2c1CN(C(=O)Cc1ccnc(Cl)c1)[C@@H](C)C2.CC(C)S(=O)(=O)c1cnn2c1CN(C(=O)OC(C)(C)C)[C@@H](C)C2.CC(C)S(=O)(=O)c1cnn2c1CN[C@@H](C)C2.CC(C)Sc1cnn2c1CN(C(=O)OC(C)(C)C)[C@@H](C)C2.C[C@H]1Cn2ncc(S)c2CN1C(=O)OC(C)(C)C.Cl.O=C(Cc1ccnc(Cl)c1)Oc1ccccc1. The summed E-state index contributed by atoms with van der Waals surface area (Å²) >= 11 is 20.1. The standard InChI is InChI=1S/C17H21ClN4O3S.C15H25N3O4S.C15H25N3O2S.C13H10ClNO2.C12H19N3O2S.C10H17N3O2S.C3H7I.4CH4.ClH/c1-11(2)26(24,25)15-8-20-22-9-12(3)21(10-14(15)22)17(23)7-13-4-5-19-16(18)6-13;1-10(2)23(20,21)13-7-16-18-8-11(3)17(9-12(13)18)14(19)22-15(4,5)6;1-10(2)21-13-7-16-18-8-11(3)17(9-12(13)18)14(19)20-15(4,5)6;14-12-8-10(6-7-15-12)9-13(16)17-11-4-2-1-3-5-11;1-8-6-15-9(10(18)5-13-15)7-14(8)11(16)17-12(2,3)4;1-7(2)16(14,15)10-5-12-13-6-8(3)11-4-9(10)13;1-3(2)4;;;;;/h4-6,8,11-12H,7,9-10H2,1-3H3;7,10-11H,8-9H2,1-6H3;7,10-11H,8-9H2,1-6H3;1-8H,9H2;5,8,18H,6-7H2,1-4H3;5,7-8,11H,4,6H2,1-3H3;3H,1-2H3;4*1H4;1H/t12-;2*11-;;2*8-;;;;;;/m000.00....../s1. The Labute approximate surface area is 812 Å². The van der Waals surface area contributed by atoms with Gasteiger partial charge in [0.25, 0.3) is 0 Å². The van der Waals surface area contributed by atoms with Crippen molar-refractivity contribution in [2.24, 2.45) is 0 Å². The Morgan fingerprint density at radius 2 is 0.815 bits per heavy atom. The van der Waals surface area contributed by atoms with E-state index in [0.29, 0.717) is 89.4 Å². The van der Waals surface area contributed by atoms with Gasteiger partial charge in [-0.15, -0.1) is 36.8 Å². The predicted octanol–water partition coefficient (Wildman–Crippen LogP) is 18.4. The van der Waals surface area contributed by atoms with E-state index in [2.05, 4.69) is 111 Å². The van der Waals surface area contributed by atoms with E-state index in [-0.39, 0.29) is 126 Å². The van der Waals surface area contributed by atoms with Crippen LogP contribution in [-0.4, -0.2) is 206 Å². The molecule has 0 saturated heterocycles. The molecule has 0 spiro atoms. The van der Waals surface area contributed by atoms with Crippen LogP contribution in [0.25, 0.3) is 0 Å². The molecule has 13 rings (SSSR count). The minimum absolute atomic E-state index is 0. The number of hydrogen-bond donors (Lipinski definition) is 2. The van der Waals surface area contributed by atoms with Crippen molar-refractivity contribution in [1.82, 2.24) is 83.8 Å². The number of halogens is 4. The number of nitrogens with one attached hydrogen (secondary N) is 1. The van der Waals surface area contributed by atoms with Crippen molar-refractivity contribution in [2.75, 3.05) is 0 Å². The summed E-state index contributed by atoms with van der Waals surface area (Å²) in [6, 6.07) is 16.0. The van der Waals surface area contributed by atoms with Crippen LogP contribution in [-0.2, 0) is 132 Å². The molecule has 4 amide bonds. The number of hydrogen-bond acceptors (Lipinski definition) is 25. The molecular weight excluding hydrogens is 1940 g/mol. The molecule has 12 heterocycles. The molecule has 0 radical (unpaired) electrons. The maximum Gasteiger partial charge on any atom is 0.410 e. The minimum atomic E-state index is -3.45. The fraction of sp³-hybridized carbons (Fsp3) is 0.596. The number of esters is 1. The normalized spacial score (nSPS) is 16.8. The van der Waals surface area contributed by atoms with Gasteiger partial charge in [-0.25, -0.2) is 49.6 Å². The fourth-order valence-electron chi connectivity index (χ4n) is 12.9. The average Bonchev–Trinajstić information content (AvgIpc) is 1.19. The van der Waals surface area contributed by atoms with E-state index in [9.17, 15) is 49.2 Å². The molecule has 730 valence electrons. The number of nitrogens with zero attached hydrogens (tertiary/aromatic N) is 16. The van der Waals surface area contributed by atoms with Gasteiger partial charge < -0.3 is 29.2 Å². The molecule has 8 aromatic rings. The second-order valence-corrected chi connectivity index (χ2v) is 48.1. The Morgan fingerprint density at radius 1 is 0.485 bits per heavy atom. The summed E-state index contributed by atoms with van der Waals surface area (Å²) in [7, 11) is -10.1. The van der Waals surface area contributed by atoms with Crippen LogP contribution in [0.5, 0.6) is 5.75 Å². The zero-order chi connectivity index (χ0) is 93.5. The number of para-hydroxylation sites is 1. The summed E-state index contributed by atoms with van der Waals surface area (Å²) in [5, 5.41) is 24.2. The van der Waals surface area contributed by atoms with E-state index in [0.717, 1.165) is 48.5 Å². The molecule has 32 nitrogen and oxygen atoms in total. The number of alkyl halides is 1. The van der Waals surface area contributed by atoms with Gasteiger partial charge in [-0.2, -0.15) is 25.5 Å². The maximum absolute atomic E-state index is 12.8. The van der Waals surface area contributed by atoms with Crippen molar-refractivity contribution in [3.63, 3.8) is 0 Å². The van der Waals surface area contributed by atoms with Crippen LogP contribution in [0.15, 0.2) is 122 Å². The highest BCUT2D eigenvalue weighted by molar-refractivity contribution is 14.1. The third kappa shape index (κ3) is 33.8. The van der Waals surface area contributed by atoms with Gasteiger partial charge in [-0.1, -0.05) is 121 Å². The number of benzene rings is 1. The second kappa shape index (κ2) is 50.7. The van der Waals surface area contributed by atoms with Crippen molar-refractivity contribution < 1.29 is 68.2 Å². The molecule has 41 heteroatoms. The molecule has 1 aromatic carbocycles. The lowest BCUT2D eigenvalue weighted by Crippen LogP contribution is -2.47. The van der Waals surface area contributed by atoms with Crippen LogP contribution in [0.3, 0.4) is 0 Å². The summed E-state index contributed by atoms with van der Waals surface area (Å²) in [6.45, 7) is 50.2. The van der Waals surface area contributed by atoms with E-state index in [4.69, 9.17) is 42.1 Å². The van der Waals surface area contributed by atoms with E-state index in [1.165, 1.54) is 18.6 Å². The smallest absolute Gasteiger partial charge is 0.410 e. The molecule has 1 N–H and O–H groups in total. The first-order valence-electron chi connectivity index (χ1n) is 41.4. The number of fused-ring (bicyclic) bond motifs is 5. The highest BCUT2D eigenvalue weighted by Gasteiger charge is 2.40. The number of carbonyl (C=O) groups excluding carboxylic acids is 5. The van der Waals surface area contributed by atoms with E-state index >= 15 is 0 Å². The number of thioether (sulfide) groups is 1. The lowest BCUT2D eigenvalue weighted by Gasteiger charge is -2.35. The predicted molar refractivity (Wildman–Crippen MR) is 528 cm³/mol. The van der Waals surface area contributed by atoms with Gasteiger partial charge in [0.15, 0.2) is 29.5 Å². The number of pyridine rings is 2. The van der Waals surface area contributed by atoms with Crippen molar-refractivity contribution in [1.29, 1.82) is 0 Å². The molecule has 5 aliphatic heterocycles. The second-order valence-electron chi connectivity index (χ2n) is 35.3. The first kappa shape index (κ1) is 118. The molecule has 0 unspecified atom stereocenters. The van der Waals surface area contributed by atoms with E-state index in [1.54, 1.807) is 163 Å². The Morgan fingerprint density at radius 3 is 1.20 bits per heavy atom. The summed E-state index contributed by atoms with van der Waals surface area (Å²) in [5.74, 6) is 0.135. The topological polar surface area (TPSA) is 365 Å². The maximum atomic E-state index is 12.8. The van der Waals surface area contributed by atoms with E-state index < -0.39 is 68.2 Å². The Bertz CT molecular complexity index is 5350. The number of ether oxygens (including phenoxy) is 4. The largest absolute Gasteiger partial charge is 0.444 e. The number of carbonyl (C=O) groups is 5. The van der Waals surface area contributed by atoms with Crippen molar-refractivity contribution in [3.8, 4) is 5.75 Å². The fourth-order valence-corrected chi connectivity index (χ4v) is 18.1. The summed E-state index contributed by atoms with van der Waals surface area (Å²) < 4.78 is 106. The number of sulfone groups is 3. The lowest BCUT2D eigenvalue weighted by atomic mass is 10.1. The van der Waals surface area contributed by atoms with Crippen LogP contribution >= 0.6 is 82.6 Å². The molecule has 130 heavy (non-hydrogen) atoms. The van der Waals surface area contributed by atoms with Gasteiger partial charge >= 0.3 is 24.2 Å². The van der Waals surface area contributed by atoms with Gasteiger partial charge in [-0.3, -0.25) is 47.7 Å².